The van der Waals surface area contributed by atoms with Crippen LogP contribution in [-0.2, 0) is 26.2 Å². The number of hydrogen-bond donors (Lipinski definition) is 0. The van der Waals surface area contributed by atoms with E-state index in [9.17, 15) is 0 Å². The molecule has 0 atom stereocenters. The summed E-state index contributed by atoms with van der Waals surface area (Å²) in [4.78, 5) is 0. The van der Waals surface area contributed by atoms with E-state index >= 15 is 0 Å². The van der Waals surface area contributed by atoms with Gasteiger partial charge in [0.2, 0.25) is 0 Å². The molecule has 104 valence electrons. The van der Waals surface area contributed by atoms with Crippen LogP contribution < -0.4 is 24.8 Å². The second kappa shape index (κ2) is 10.4. The monoisotopic (exact) mass is 382 g/mol. The minimum atomic E-state index is 0. The zero-order valence-electron chi connectivity index (χ0n) is 12.0. The van der Waals surface area contributed by atoms with Gasteiger partial charge in [-0.15, -0.1) is 35.0 Å². The Kier molecular flexibility index (Phi) is 11.4. The van der Waals surface area contributed by atoms with Gasteiger partial charge in [-0.3, -0.25) is 0 Å². The molecular weight excluding hydrogens is 366 g/mol. The van der Waals surface area contributed by atoms with Crippen LogP contribution in [0.4, 0.5) is 0 Å². The minimum Gasteiger partial charge on any atom is -1.00 e. The zero-order valence-corrected chi connectivity index (χ0v) is 15.9. The molecular formula is C17H18Cl2Zr. The smallest absolute Gasteiger partial charge is 1.00 e. The number of fused-ring (bicyclic) bond motifs is 1. The number of benzene rings is 1. The van der Waals surface area contributed by atoms with E-state index in [-0.39, 0.29) is 51.0 Å². The molecule has 0 amide bonds. The first-order chi connectivity index (χ1) is 8.18. The van der Waals surface area contributed by atoms with Crippen molar-refractivity contribution in [1.29, 1.82) is 0 Å². The molecule has 0 nitrogen and oxygen atoms in total. The second-order valence-corrected chi connectivity index (χ2v) is 4.50. The fourth-order valence-electron chi connectivity index (χ4n) is 1.91. The molecule has 3 rings (SSSR count). The fourth-order valence-corrected chi connectivity index (χ4v) is 1.91. The Hall–Kier alpha value is -0.357. The van der Waals surface area contributed by atoms with Gasteiger partial charge in [0, 0.05) is 0 Å². The fraction of sp³-hybridized carbons (Fsp3) is 0.176. The normalized spacial score (nSPS) is 8.55. The van der Waals surface area contributed by atoms with E-state index in [4.69, 9.17) is 0 Å². The molecule has 3 aromatic rings. The van der Waals surface area contributed by atoms with Crippen LogP contribution in [0.1, 0.15) is 16.7 Å². The van der Waals surface area contributed by atoms with Crippen molar-refractivity contribution in [2.45, 2.75) is 20.8 Å². The summed E-state index contributed by atoms with van der Waals surface area (Å²) < 4.78 is 0. The van der Waals surface area contributed by atoms with E-state index in [1.807, 2.05) is 0 Å². The molecule has 0 fully saturated rings. The van der Waals surface area contributed by atoms with Crippen LogP contribution in [0, 0.1) is 20.8 Å². The van der Waals surface area contributed by atoms with Crippen LogP contribution >= 0.6 is 0 Å². The first-order valence-corrected chi connectivity index (χ1v) is 5.98. The molecule has 0 aliphatic heterocycles. The summed E-state index contributed by atoms with van der Waals surface area (Å²) in [5, 5.41) is 2.72. The van der Waals surface area contributed by atoms with Gasteiger partial charge in [0.1, 0.15) is 0 Å². The van der Waals surface area contributed by atoms with Crippen molar-refractivity contribution < 1.29 is 51.0 Å². The number of hydrogen-bond acceptors (Lipinski definition) is 0. The Labute approximate surface area is 153 Å². The molecule has 0 spiro atoms. The Morgan fingerprint density at radius 3 is 1.75 bits per heavy atom. The Morgan fingerprint density at radius 2 is 1.30 bits per heavy atom. The minimum absolute atomic E-state index is 0. The van der Waals surface area contributed by atoms with E-state index in [0.717, 1.165) is 0 Å². The van der Waals surface area contributed by atoms with Gasteiger partial charge in [0.25, 0.3) is 0 Å². The molecule has 3 aromatic carbocycles. The number of aryl methyl sites for hydroxylation is 3. The Morgan fingerprint density at radius 1 is 0.750 bits per heavy atom. The van der Waals surface area contributed by atoms with E-state index in [1.54, 1.807) is 0 Å². The van der Waals surface area contributed by atoms with Gasteiger partial charge in [0.05, 0.1) is 0 Å². The molecule has 0 aliphatic carbocycles. The summed E-state index contributed by atoms with van der Waals surface area (Å²) in [7, 11) is 0. The zero-order chi connectivity index (χ0) is 12.3. The van der Waals surface area contributed by atoms with Crippen molar-refractivity contribution in [3.8, 4) is 0 Å². The molecule has 0 unspecified atom stereocenters. The average Bonchev–Trinajstić information content (AvgIpc) is 2.89. The first-order valence-electron chi connectivity index (χ1n) is 5.98. The topological polar surface area (TPSA) is 0 Å². The van der Waals surface area contributed by atoms with Gasteiger partial charge in [-0.2, -0.15) is 41.0 Å². The molecule has 0 heterocycles. The van der Waals surface area contributed by atoms with Gasteiger partial charge in [-0.1, -0.05) is 26.8 Å². The third-order valence-electron chi connectivity index (χ3n) is 3.21. The summed E-state index contributed by atoms with van der Waals surface area (Å²) >= 11 is 0. The maximum atomic E-state index is 2.16. The Bertz CT molecular complexity index is 592. The third kappa shape index (κ3) is 5.56. The molecule has 3 heteroatoms. The summed E-state index contributed by atoms with van der Waals surface area (Å²) in [6.45, 7) is 6.38. The van der Waals surface area contributed by atoms with E-state index in [1.165, 1.54) is 27.5 Å². The van der Waals surface area contributed by atoms with Crippen molar-refractivity contribution in [2.75, 3.05) is 0 Å². The number of halogens is 2. The standard InChI is InChI=1S/C10H9.C7H9.2ClH.Zr/c1-8-6-7-9-4-2-3-5-10(8)9;1-6-4-3-5-7(6)2;;;/h2-7H,1H3;3-5H,1-2H3;2*1H;/q2*-1;;;+4/p-2. The van der Waals surface area contributed by atoms with Crippen LogP contribution in [0.25, 0.3) is 10.8 Å². The van der Waals surface area contributed by atoms with Crippen molar-refractivity contribution in [3.05, 3.63) is 71.3 Å². The summed E-state index contributed by atoms with van der Waals surface area (Å²) in [5.74, 6) is 0. The van der Waals surface area contributed by atoms with E-state index in [2.05, 4.69) is 75.4 Å². The Balaban J connectivity index is 0. The predicted molar refractivity (Wildman–Crippen MR) is 75.8 cm³/mol. The van der Waals surface area contributed by atoms with E-state index < -0.39 is 0 Å². The van der Waals surface area contributed by atoms with Gasteiger partial charge < -0.3 is 24.8 Å². The maximum absolute atomic E-state index is 2.16. The second-order valence-electron chi connectivity index (χ2n) is 4.50. The van der Waals surface area contributed by atoms with Crippen molar-refractivity contribution in [3.63, 3.8) is 0 Å². The molecule has 0 aliphatic rings. The van der Waals surface area contributed by atoms with Gasteiger partial charge in [-0.05, 0) is 0 Å². The van der Waals surface area contributed by atoms with Gasteiger partial charge >= 0.3 is 26.2 Å². The molecule has 0 saturated carbocycles. The van der Waals surface area contributed by atoms with Crippen LogP contribution in [0.5, 0.6) is 0 Å². The van der Waals surface area contributed by atoms with Crippen molar-refractivity contribution >= 4 is 10.8 Å². The molecule has 0 bridgehead atoms. The molecule has 20 heavy (non-hydrogen) atoms. The predicted octanol–water partition coefficient (Wildman–Crippen LogP) is -1.11. The van der Waals surface area contributed by atoms with Crippen LogP contribution in [-0.4, -0.2) is 0 Å². The average molecular weight is 384 g/mol. The largest absolute Gasteiger partial charge is 4.00 e. The van der Waals surface area contributed by atoms with Gasteiger partial charge in [0.15, 0.2) is 0 Å². The van der Waals surface area contributed by atoms with Gasteiger partial charge in [-0.25, -0.2) is 0 Å². The quantitative estimate of drug-likeness (QED) is 0.432. The molecule has 0 aromatic heterocycles. The van der Waals surface area contributed by atoms with Crippen molar-refractivity contribution in [1.82, 2.24) is 0 Å². The molecule has 0 N–H and O–H groups in total. The van der Waals surface area contributed by atoms with Crippen molar-refractivity contribution in [2.24, 2.45) is 0 Å². The first kappa shape index (κ1) is 21.9. The molecule has 0 radical (unpaired) electrons. The molecule has 0 saturated heterocycles. The number of rotatable bonds is 0. The van der Waals surface area contributed by atoms with E-state index in [0.29, 0.717) is 0 Å². The summed E-state index contributed by atoms with van der Waals surface area (Å²) in [6.07, 6.45) is 0. The third-order valence-corrected chi connectivity index (χ3v) is 3.21. The summed E-state index contributed by atoms with van der Waals surface area (Å²) in [6, 6.07) is 19.1. The maximum Gasteiger partial charge on any atom is 4.00 e. The summed E-state index contributed by atoms with van der Waals surface area (Å²) in [5.41, 5.74) is 4.15. The van der Waals surface area contributed by atoms with Crippen LogP contribution in [0.15, 0.2) is 54.6 Å². The van der Waals surface area contributed by atoms with Crippen LogP contribution in [0.2, 0.25) is 0 Å². The SMILES string of the molecule is Cc1c[cH-]c2ccccc12.Cc1c[cH-]cc1C.[Cl-].[Cl-].[Zr+4]. The van der Waals surface area contributed by atoms with Crippen LogP contribution in [0.3, 0.4) is 0 Å².